The van der Waals surface area contributed by atoms with Crippen LogP contribution in [0.15, 0.2) is 21.1 Å². The lowest BCUT2D eigenvalue weighted by atomic mass is 9.72. The lowest BCUT2D eigenvalue weighted by Gasteiger charge is -2.34. The standard InChI is InChI=1S/C15H14Br2O2/c1-15(2)4-3-8-11-7(5-9(16)14(8)19)6-10(18)13(17)12(11)15/h5-6,18-19H,3-4H2,1-2H3. The minimum absolute atomic E-state index is 0.0247. The lowest BCUT2D eigenvalue weighted by Crippen LogP contribution is -2.23. The fraction of sp³-hybridized carbons (Fsp3) is 0.333. The highest BCUT2D eigenvalue weighted by atomic mass is 79.9. The zero-order valence-electron chi connectivity index (χ0n) is 10.7. The maximum absolute atomic E-state index is 10.3. The van der Waals surface area contributed by atoms with Gasteiger partial charge in [0.2, 0.25) is 0 Å². The summed E-state index contributed by atoms with van der Waals surface area (Å²) >= 11 is 6.89. The van der Waals surface area contributed by atoms with Gasteiger partial charge in [-0.05, 0) is 78.6 Å². The van der Waals surface area contributed by atoms with Crippen LogP contribution in [0.25, 0.3) is 10.8 Å². The van der Waals surface area contributed by atoms with Crippen LogP contribution in [0.2, 0.25) is 0 Å². The van der Waals surface area contributed by atoms with Gasteiger partial charge in [-0.2, -0.15) is 0 Å². The van der Waals surface area contributed by atoms with E-state index in [9.17, 15) is 10.2 Å². The average molecular weight is 386 g/mol. The topological polar surface area (TPSA) is 40.5 Å². The van der Waals surface area contributed by atoms with Crippen LogP contribution in [0.5, 0.6) is 11.5 Å². The Bertz CT molecular complexity index is 700. The molecule has 0 fully saturated rings. The summed E-state index contributed by atoms with van der Waals surface area (Å²) in [6.45, 7) is 4.35. The Labute approximate surface area is 128 Å². The number of rotatable bonds is 0. The van der Waals surface area contributed by atoms with E-state index in [1.165, 1.54) is 0 Å². The first-order valence-corrected chi connectivity index (χ1v) is 7.77. The predicted octanol–water partition coefficient (Wildman–Crippen LogP) is 5.00. The van der Waals surface area contributed by atoms with Gasteiger partial charge in [-0.15, -0.1) is 0 Å². The van der Waals surface area contributed by atoms with Crippen molar-refractivity contribution in [2.24, 2.45) is 0 Å². The van der Waals surface area contributed by atoms with E-state index in [-0.39, 0.29) is 11.2 Å². The molecule has 2 N–H and O–H groups in total. The van der Waals surface area contributed by atoms with Gasteiger partial charge in [-0.25, -0.2) is 0 Å². The first-order chi connectivity index (χ1) is 8.83. The molecule has 0 atom stereocenters. The number of benzene rings is 2. The van der Waals surface area contributed by atoms with E-state index in [1.54, 1.807) is 6.07 Å². The van der Waals surface area contributed by atoms with Crippen LogP contribution in [0.4, 0.5) is 0 Å². The number of halogens is 2. The Balaban J connectivity index is 2.58. The van der Waals surface area contributed by atoms with Gasteiger partial charge >= 0.3 is 0 Å². The average Bonchev–Trinajstić information content (AvgIpc) is 2.32. The molecule has 0 bridgehead atoms. The van der Waals surface area contributed by atoms with Crippen LogP contribution in [0.1, 0.15) is 31.4 Å². The summed E-state index contributed by atoms with van der Waals surface area (Å²) in [6.07, 6.45) is 1.79. The number of hydrogen-bond donors (Lipinski definition) is 2. The molecule has 0 amide bonds. The van der Waals surface area contributed by atoms with E-state index in [0.717, 1.165) is 39.2 Å². The van der Waals surface area contributed by atoms with Crippen LogP contribution in [-0.4, -0.2) is 10.2 Å². The minimum Gasteiger partial charge on any atom is -0.507 e. The number of aromatic hydroxyl groups is 2. The van der Waals surface area contributed by atoms with Crippen molar-refractivity contribution in [1.29, 1.82) is 0 Å². The predicted molar refractivity (Wildman–Crippen MR) is 84.0 cm³/mol. The largest absolute Gasteiger partial charge is 0.507 e. The fourth-order valence-corrected chi connectivity index (χ4v) is 4.35. The van der Waals surface area contributed by atoms with E-state index in [4.69, 9.17) is 0 Å². The number of phenols is 2. The Kier molecular flexibility index (Phi) is 2.88. The van der Waals surface area contributed by atoms with Crippen LogP contribution in [0.3, 0.4) is 0 Å². The molecular weight excluding hydrogens is 372 g/mol. The molecule has 0 spiro atoms. The molecule has 0 radical (unpaired) electrons. The van der Waals surface area contributed by atoms with Crippen LogP contribution >= 0.6 is 31.9 Å². The SMILES string of the molecule is CC1(C)CCc2c(O)c(Br)cc3cc(O)c(Br)c1c23. The van der Waals surface area contributed by atoms with E-state index >= 15 is 0 Å². The van der Waals surface area contributed by atoms with Crippen molar-refractivity contribution in [3.05, 3.63) is 32.2 Å². The normalized spacial score (nSPS) is 16.8. The van der Waals surface area contributed by atoms with E-state index in [0.29, 0.717) is 10.2 Å². The van der Waals surface area contributed by atoms with Crippen molar-refractivity contribution >= 4 is 42.6 Å². The molecule has 2 aromatic rings. The van der Waals surface area contributed by atoms with Gasteiger partial charge in [0.25, 0.3) is 0 Å². The molecular formula is C15H14Br2O2. The third kappa shape index (κ3) is 1.80. The number of phenolic OH excluding ortho intramolecular Hbond substituents is 2. The second-order valence-electron chi connectivity index (χ2n) is 5.75. The minimum atomic E-state index is -0.0247. The van der Waals surface area contributed by atoms with Gasteiger partial charge in [-0.1, -0.05) is 13.8 Å². The maximum Gasteiger partial charge on any atom is 0.133 e. The molecule has 0 unspecified atom stereocenters. The Hall–Kier alpha value is -0.740. The van der Waals surface area contributed by atoms with Crippen molar-refractivity contribution in [2.45, 2.75) is 32.1 Å². The van der Waals surface area contributed by atoms with Gasteiger partial charge in [0.15, 0.2) is 0 Å². The second kappa shape index (κ2) is 4.13. The van der Waals surface area contributed by atoms with E-state index in [1.807, 2.05) is 6.07 Å². The highest BCUT2D eigenvalue weighted by Crippen LogP contribution is 2.50. The number of aryl methyl sites for hydroxylation is 1. The molecule has 1 aliphatic rings. The fourth-order valence-electron chi connectivity index (χ4n) is 3.01. The van der Waals surface area contributed by atoms with Gasteiger partial charge in [0.05, 0.1) is 8.95 Å². The van der Waals surface area contributed by atoms with E-state index < -0.39 is 0 Å². The number of hydrogen-bond acceptors (Lipinski definition) is 2. The molecule has 2 aromatic carbocycles. The molecule has 0 aliphatic heterocycles. The zero-order chi connectivity index (χ0) is 13.9. The molecule has 19 heavy (non-hydrogen) atoms. The van der Waals surface area contributed by atoms with Gasteiger partial charge in [-0.3, -0.25) is 0 Å². The highest BCUT2D eigenvalue weighted by molar-refractivity contribution is 9.11. The molecule has 2 nitrogen and oxygen atoms in total. The third-order valence-electron chi connectivity index (χ3n) is 4.05. The van der Waals surface area contributed by atoms with Crippen molar-refractivity contribution in [1.82, 2.24) is 0 Å². The second-order valence-corrected chi connectivity index (χ2v) is 7.40. The van der Waals surface area contributed by atoms with Crippen molar-refractivity contribution in [3.8, 4) is 11.5 Å². The smallest absolute Gasteiger partial charge is 0.133 e. The van der Waals surface area contributed by atoms with Crippen LogP contribution in [-0.2, 0) is 11.8 Å². The monoisotopic (exact) mass is 384 g/mol. The summed E-state index contributed by atoms with van der Waals surface area (Å²) in [6, 6.07) is 3.61. The summed E-state index contributed by atoms with van der Waals surface area (Å²) in [5.41, 5.74) is 2.04. The summed E-state index contributed by atoms with van der Waals surface area (Å²) in [5.74, 6) is 0.572. The molecule has 0 saturated heterocycles. The Morgan fingerprint density at radius 3 is 2.53 bits per heavy atom. The molecule has 4 heteroatoms. The Morgan fingerprint density at radius 2 is 1.84 bits per heavy atom. The molecule has 0 heterocycles. The van der Waals surface area contributed by atoms with Gasteiger partial charge in [0, 0.05) is 5.56 Å². The van der Waals surface area contributed by atoms with Gasteiger partial charge in [0.1, 0.15) is 11.5 Å². The third-order valence-corrected chi connectivity index (χ3v) is 5.46. The van der Waals surface area contributed by atoms with E-state index in [2.05, 4.69) is 45.7 Å². The van der Waals surface area contributed by atoms with Crippen molar-refractivity contribution in [3.63, 3.8) is 0 Å². The molecule has 0 aromatic heterocycles. The van der Waals surface area contributed by atoms with Gasteiger partial charge < -0.3 is 10.2 Å². The lowest BCUT2D eigenvalue weighted by molar-refractivity contribution is 0.433. The Morgan fingerprint density at radius 1 is 1.16 bits per heavy atom. The molecule has 100 valence electrons. The molecule has 1 aliphatic carbocycles. The quantitative estimate of drug-likeness (QED) is 0.669. The van der Waals surface area contributed by atoms with Crippen molar-refractivity contribution in [2.75, 3.05) is 0 Å². The summed E-state index contributed by atoms with van der Waals surface area (Å²) in [5, 5.41) is 22.4. The summed E-state index contributed by atoms with van der Waals surface area (Å²) in [7, 11) is 0. The molecule has 3 rings (SSSR count). The maximum atomic E-state index is 10.3. The molecule has 0 saturated carbocycles. The first kappa shape index (κ1) is 13.3. The van der Waals surface area contributed by atoms with Crippen LogP contribution in [0, 0.1) is 0 Å². The summed E-state index contributed by atoms with van der Waals surface area (Å²) in [4.78, 5) is 0. The first-order valence-electron chi connectivity index (χ1n) is 6.19. The summed E-state index contributed by atoms with van der Waals surface area (Å²) < 4.78 is 1.43. The van der Waals surface area contributed by atoms with Crippen molar-refractivity contribution < 1.29 is 10.2 Å². The van der Waals surface area contributed by atoms with Crippen LogP contribution < -0.4 is 0 Å². The highest BCUT2D eigenvalue weighted by Gasteiger charge is 2.33. The zero-order valence-corrected chi connectivity index (χ0v) is 13.9.